The molecular formula is C15H23BrN2OS. The van der Waals surface area contributed by atoms with Crippen molar-refractivity contribution in [3.63, 3.8) is 0 Å². The van der Waals surface area contributed by atoms with Crippen molar-refractivity contribution in [2.45, 2.75) is 33.2 Å². The van der Waals surface area contributed by atoms with Crippen LogP contribution >= 0.6 is 27.3 Å². The van der Waals surface area contributed by atoms with Crippen LogP contribution in [0.2, 0.25) is 0 Å². The highest BCUT2D eigenvalue weighted by atomic mass is 79.9. The van der Waals surface area contributed by atoms with Gasteiger partial charge in [0.1, 0.15) is 0 Å². The number of nitrogens with zero attached hydrogens (tertiary/aromatic N) is 2. The molecule has 1 fully saturated rings. The molecule has 20 heavy (non-hydrogen) atoms. The monoisotopic (exact) mass is 358 g/mol. The molecule has 2 rings (SSSR count). The van der Waals surface area contributed by atoms with Crippen LogP contribution in [0.4, 0.5) is 0 Å². The molecular weight excluding hydrogens is 336 g/mol. The van der Waals surface area contributed by atoms with Gasteiger partial charge in [-0.25, -0.2) is 0 Å². The Balaban J connectivity index is 1.92. The SMILES string of the molecule is CCN(CC)C(=O)[C@@H]1CCCN(Cc2ccc(Br)s2)C1. The predicted octanol–water partition coefficient (Wildman–Crippen LogP) is 3.59. The van der Waals surface area contributed by atoms with E-state index in [2.05, 4.69) is 46.8 Å². The van der Waals surface area contributed by atoms with Crippen LogP contribution in [0.1, 0.15) is 31.6 Å². The average molecular weight is 359 g/mol. The van der Waals surface area contributed by atoms with Crippen LogP contribution in [0.5, 0.6) is 0 Å². The van der Waals surface area contributed by atoms with Gasteiger partial charge in [0.15, 0.2) is 0 Å². The molecule has 1 aliphatic heterocycles. The second-order valence-corrected chi connectivity index (χ2v) is 7.84. The number of likely N-dealkylation sites (tertiary alicyclic amines) is 1. The van der Waals surface area contributed by atoms with Crippen molar-refractivity contribution in [1.82, 2.24) is 9.80 Å². The highest BCUT2D eigenvalue weighted by molar-refractivity contribution is 9.11. The first-order valence-electron chi connectivity index (χ1n) is 7.39. The summed E-state index contributed by atoms with van der Waals surface area (Å²) >= 11 is 5.29. The number of thiophene rings is 1. The number of piperidine rings is 1. The van der Waals surface area contributed by atoms with Gasteiger partial charge in [0.2, 0.25) is 5.91 Å². The molecule has 0 aromatic carbocycles. The van der Waals surface area contributed by atoms with Crippen molar-refractivity contribution < 1.29 is 4.79 Å². The lowest BCUT2D eigenvalue weighted by Crippen LogP contribution is -2.44. The minimum Gasteiger partial charge on any atom is -0.343 e. The second-order valence-electron chi connectivity index (χ2n) is 5.29. The minimum atomic E-state index is 0.187. The van der Waals surface area contributed by atoms with Crippen LogP contribution in [-0.2, 0) is 11.3 Å². The Hall–Kier alpha value is -0.390. The summed E-state index contributed by atoms with van der Waals surface area (Å²) in [5, 5.41) is 0. The third-order valence-corrected chi connectivity index (χ3v) is 5.55. The van der Waals surface area contributed by atoms with E-state index in [1.54, 1.807) is 11.3 Å². The molecule has 0 aliphatic carbocycles. The molecule has 1 aromatic heterocycles. The Kier molecular flexibility index (Phi) is 6.05. The molecule has 0 N–H and O–H groups in total. The molecule has 1 amide bonds. The van der Waals surface area contributed by atoms with E-state index < -0.39 is 0 Å². The lowest BCUT2D eigenvalue weighted by atomic mass is 9.96. The highest BCUT2D eigenvalue weighted by Gasteiger charge is 2.28. The van der Waals surface area contributed by atoms with E-state index in [-0.39, 0.29) is 5.92 Å². The van der Waals surface area contributed by atoms with Crippen molar-refractivity contribution in [2.75, 3.05) is 26.2 Å². The molecule has 2 heterocycles. The fourth-order valence-electron chi connectivity index (χ4n) is 2.85. The van der Waals surface area contributed by atoms with E-state index >= 15 is 0 Å². The topological polar surface area (TPSA) is 23.6 Å². The van der Waals surface area contributed by atoms with Gasteiger partial charge in [0.05, 0.1) is 9.70 Å². The molecule has 0 radical (unpaired) electrons. The summed E-state index contributed by atoms with van der Waals surface area (Å²) in [5.74, 6) is 0.527. The van der Waals surface area contributed by atoms with Gasteiger partial charge in [0, 0.05) is 31.1 Å². The summed E-state index contributed by atoms with van der Waals surface area (Å²) < 4.78 is 1.18. The smallest absolute Gasteiger partial charge is 0.226 e. The molecule has 1 aromatic rings. The van der Waals surface area contributed by atoms with Gasteiger partial charge in [-0.15, -0.1) is 11.3 Å². The molecule has 1 saturated heterocycles. The standard InChI is InChI=1S/C15H23BrN2OS/c1-3-18(4-2)15(19)12-6-5-9-17(10-12)11-13-7-8-14(16)20-13/h7-8,12H,3-6,9-11H2,1-2H3/t12-/m1/s1. The number of carbonyl (C=O) groups excluding carboxylic acids is 1. The minimum absolute atomic E-state index is 0.187. The van der Waals surface area contributed by atoms with Gasteiger partial charge in [-0.2, -0.15) is 0 Å². The summed E-state index contributed by atoms with van der Waals surface area (Å²) in [6, 6.07) is 4.27. The van der Waals surface area contributed by atoms with Crippen LogP contribution in [0.3, 0.4) is 0 Å². The van der Waals surface area contributed by atoms with Crippen LogP contribution in [-0.4, -0.2) is 41.9 Å². The van der Waals surface area contributed by atoms with Crippen molar-refractivity contribution in [3.8, 4) is 0 Å². The van der Waals surface area contributed by atoms with E-state index in [0.29, 0.717) is 5.91 Å². The number of hydrogen-bond donors (Lipinski definition) is 0. The van der Waals surface area contributed by atoms with E-state index in [4.69, 9.17) is 0 Å². The first kappa shape index (κ1) is 16.0. The molecule has 0 bridgehead atoms. The first-order valence-corrected chi connectivity index (χ1v) is 9.00. The molecule has 0 spiro atoms. The Morgan fingerprint density at radius 3 is 2.80 bits per heavy atom. The summed E-state index contributed by atoms with van der Waals surface area (Å²) in [4.78, 5) is 18.2. The van der Waals surface area contributed by atoms with Gasteiger partial charge in [-0.1, -0.05) is 0 Å². The normalized spacial score (nSPS) is 20.1. The highest BCUT2D eigenvalue weighted by Crippen LogP contribution is 2.26. The van der Waals surface area contributed by atoms with E-state index in [1.165, 1.54) is 8.66 Å². The number of hydrogen-bond acceptors (Lipinski definition) is 3. The Labute approximate surface area is 134 Å². The molecule has 5 heteroatoms. The van der Waals surface area contributed by atoms with Crippen molar-refractivity contribution in [2.24, 2.45) is 5.92 Å². The zero-order valence-electron chi connectivity index (χ0n) is 12.3. The maximum Gasteiger partial charge on any atom is 0.226 e. The Morgan fingerprint density at radius 2 is 2.20 bits per heavy atom. The van der Waals surface area contributed by atoms with Crippen molar-refractivity contribution >= 4 is 33.2 Å². The van der Waals surface area contributed by atoms with Gasteiger partial charge in [-0.05, 0) is 61.3 Å². The summed E-state index contributed by atoms with van der Waals surface area (Å²) in [6.45, 7) is 8.75. The largest absolute Gasteiger partial charge is 0.343 e. The average Bonchev–Trinajstić information content (AvgIpc) is 2.85. The first-order chi connectivity index (χ1) is 9.63. The van der Waals surface area contributed by atoms with Crippen LogP contribution < -0.4 is 0 Å². The fourth-order valence-corrected chi connectivity index (χ4v) is 4.38. The number of halogens is 1. The number of carbonyl (C=O) groups is 1. The third kappa shape index (κ3) is 4.06. The maximum absolute atomic E-state index is 12.5. The van der Waals surface area contributed by atoms with E-state index in [9.17, 15) is 4.79 Å². The molecule has 0 unspecified atom stereocenters. The lowest BCUT2D eigenvalue weighted by Gasteiger charge is -2.34. The molecule has 112 valence electrons. The van der Waals surface area contributed by atoms with Crippen molar-refractivity contribution in [3.05, 3.63) is 20.8 Å². The maximum atomic E-state index is 12.5. The molecule has 1 atom stereocenters. The van der Waals surface area contributed by atoms with E-state index in [0.717, 1.165) is 45.6 Å². The summed E-state index contributed by atoms with van der Waals surface area (Å²) in [6.07, 6.45) is 2.17. The number of amides is 1. The van der Waals surface area contributed by atoms with Crippen LogP contribution in [0, 0.1) is 5.92 Å². The number of rotatable bonds is 5. The van der Waals surface area contributed by atoms with Gasteiger partial charge >= 0.3 is 0 Å². The van der Waals surface area contributed by atoms with Gasteiger partial charge in [-0.3, -0.25) is 9.69 Å². The van der Waals surface area contributed by atoms with Crippen LogP contribution in [0.25, 0.3) is 0 Å². The molecule has 1 aliphatic rings. The zero-order valence-corrected chi connectivity index (χ0v) is 14.7. The van der Waals surface area contributed by atoms with Gasteiger partial charge < -0.3 is 4.90 Å². The molecule has 3 nitrogen and oxygen atoms in total. The summed E-state index contributed by atoms with van der Waals surface area (Å²) in [5.41, 5.74) is 0. The predicted molar refractivity (Wildman–Crippen MR) is 87.9 cm³/mol. The second kappa shape index (κ2) is 7.57. The fraction of sp³-hybridized carbons (Fsp3) is 0.667. The third-order valence-electron chi connectivity index (χ3n) is 3.94. The van der Waals surface area contributed by atoms with Gasteiger partial charge in [0.25, 0.3) is 0 Å². The Morgan fingerprint density at radius 1 is 1.45 bits per heavy atom. The quantitative estimate of drug-likeness (QED) is 0.802. The lowest BCUT2D eigenvalue weighted by molar-refractivity contribution is -0.137. The summed E-state index contributed by atoms with van der Waals surface area (Å²) in [7, 11) is 0. The van der Waals surface area contributed by atoms with Crippen LogP contribution in [0.15, 0.2) is 15.9 Å². The Bertz CT molecular complexity index is 445. The zero-order chi connectivity index (χ0) is 14.5. The van der Waals surface area contributed by atoms with E-state index in [1.807, 2.05) is 4.90 Å². The van der Waals surface area contributed by atoms with Crippen molar-refractivity contribution in [1.29, 1.82) is 0 Å². The molecule has 0 saturated carbocycles.